The second-order valence-corrected chi connectivity index (χ2v) is 12.3. The Morgan fingerprint density at radius 2 is 1.57 bits per heavy atom. The fraction of sp³-hybridized carbons (Fsp3) is 0.355. The van der Waals surface area contributed by atoms with Crippen molar-refractivity contribution in [3.05, 3.63) is 101 Å². The Bertz CT molecular complexity index is 1380. The van der Waals surface area contributed by atoms with Gasteiger partial charge in [0.15, 0.2) is 0 Å². The number of sulfonamides is 1. The van der Waals surface area contributed by atoms with Crippen LogP contribution in [0.1, 0.15) is 49.3 Å². The van der Waals surface area contributed by atoms with E-state index in [1.54, 1.807) is 41.3 Å². The van der Waals surface area contributed by atoms with E-state index in [0.717, 1.165) is 36.0 Å². The van der Waals surface area contributed by atoms with Crippen molar-refractivity contribution in [2.24, 2.45) is 0 Å². The molecule has 0 aliphatic heterocycles. The van der Waals surface area contributed by atoms with Gasteiger partial charge in [-0.2, -0.15) is 0 Å². The molecule has 7 nitrogen and oxygen atoms in total. The Labute approximate surface area is 242 Å². The van der Waals surface area contributed by atoms with Gasteiger partial charge in [-0.05, 0) is 66.6 Å². The van der Waals surface area contributed by atoms with E-state index in [0.29, 0.717) is 24.4 Å². The number of aryl methyl sites for hydroxylation is 1. The van der Waals surface area contributed by atoms with E-state index in [1.807, 2.05) is 49.4 Å². The molecule has 0 saturated heterocycles. The van der Waals surface area contributed by atoms with Gasteiger partial charge in [-0.15, -0.1) is 0 Å². The van der Waals surface area contributed by atoms with E-state index in [4.69, 9.17) is 11.6 Å². The average molecular weight is 582 g/mol. The predicted molar refractivity (Wildman–Crippen MR) is 157 cm³/mol. The monoisotopic (exact) mass is 581 g/mol. The van der Waals surface area contributed by atoms with Crippen LogP contribution in [0.2, 0.25) is 5.02 Å². The summed E-state index contributed by atoms with van der Waals surface area (Å²) in [6.07, 6.45) is 3.50. The van der Waals surface area contributed by atoms with Crippen LogP contribution in [0.5, 0.6) is 0 Å². The molecule has 3 aromatic rings. The molecule has 0 heterocycles. The third-order valence-electron chi connectivity index (χ3n) is 6.85. The van der Waals surface area contributed by atoms with Gasteiger partial charge >= 0.3 is 0 Å². The zero-order valence-electron chi connectivity index (χ0n) is 22.7. The summed E-state index contributed by atoms with van der Waals surface area (Å²) < 4.78 is 27.7. The summed E-state index contributed by atoms with van der Waals surface area (Å²) in [6, 6.07) is 22.9. The summed E-state index contributed by atoms with van der Waals surface area (Å²) in [5, 5.41) is 3.58. The first kappa shape index (κ1) is 29.8. The lowest BCUT2D eigenvalue weighted by atomic mass is 10.0. The van der Waals surface area contributed by atoms with Crippen molar-refractivity contribution >= 4 is 33.4 Å². The molecule has 0 bridgehead atoms. The molecule has 0 spiro atoms. The minimum absolute atomic E-state index is 0.0345. The van der Waals surface area contributed by atoms with Crippen molar-refractivity contribution in [2.75, 3.05) is 6.54 Å². The van der Waals surface area contributed by atoms with Gasteiger partial charge in [0, 0.05) is 37.0 Å². The van der Waals surface area contributed by atoms with Crippen LogP contribution in [0, 0.1) is 0 Å². The van der Waals surface area contributed by atoms with Gasteiger partial charge in [-0.1, -0.05) is 73.1 Å². The minimum atomic E-state index is -3.53. The Morgan fingerprint density at radius 3 is 2.20 bits per heavy atom. The number of carbonyl (C=O) groups excluding carboxylic acids is 2. The smallest absolute Gasteiger partial charge is 0.243 e. The maximum absolute atomic E-state index is 13.8. The van der Waals surface area contributed by atoms with E-state index in [-0.39, 0.29) is 35.7 Å². The van der Waals surface area contributed by atoms with Gasteiger partial charge in [0.05, 0.1) is 4.90 Å². The Hall–Kier alpha value is -3.20. The highest BCUT2D eigenvalue weighted by molar-refractivity contribution is 7.89. The summed E-state index contributed by atoms with van der Waals surface area (Å²) in [4.78, 5) is 29.0. The first-order valence-electron chi connectivity index (χ1n) is 13.7. The van der Waals surface area contributed by atoms with Crippen molar-refractivity contribution in [1.29, 1.82) is 0 Å². The predicted octanol–water partition coefficient (Wildman–Crippen LogP) is 4.88. The van der Waals surface area contributed by atoms with Gasteiger partial charge < -0.3 is 10.2 Å². The number of nitrogens with one attached hydrogen (secondary N) is 2. The number of amides is 2. The number of hydrogen-bond donors (Lipinski definition) is 2. The first-order valence-corrected chi connectivity index (χ1v) is 15.6. The molecule has 1 aliphatic carbocycles. The molecule has 40 heavy (non-hydrogen) atoms. The minimum Gasteiger partial charge on any atom is -0.354 e. The normalized spacial score (nSPS) is 13.9. The maximum Gasteiger partial charge on any atom is 0.243 e. The van der Waals surface area contributed by atoms with Gasteiger partial charge in [0.2, 0.25) is 21.8 Å². The van der Waals surface area contributed by atoms with Crippen molar-refractivity contribution < 1.29 is 18.0 Å². The summed E-state index contributed by atoms with van der Waals surface area (Å²) in [5.41, 5.74) is 2.68. The molecule has 4 rings (SSSR count). The molecule has 1 atom stereocenters. The Morgan fingerprint density at radius 1 is 0.925 bits per heavy atom. The second kappa shape index (κ2) is 13.9. The largest absolute Gasteiger partial charge is 0.354 e. The van der Waals surface area contributed by atoms with Gasteiger partial charge in [-0.3, -0.25) is 9.59 Å². The number of nitrogens with zero attached hydrogens (tertiary/aromatic N) is 1. The Kier molecular flexibility index (Phi) is 10.4. The molecule has 1 fully saturated rings. The molecule has 1 saturated carbocycles. The van der Waals surface area contributed by atoms with Crippen LogP contribution < -0.4 is 10.0 Å². The van der Waals surface area contributed by atoms with Crippen molar-refractivity contribution in [3.63, 3.8) is 0 Å². The molecule has 2 N–H and O–H groups in total. The lowest BCUT2D eigenvalue weighted by Crippen LogP contribution is -2.50. The third-order valence-corrected chi connectivity index (χ3v) is 8.64. The summed E-state index contributed by atoms with van der Waals surface area (Å²) in [6.45, 7) is 2.77. The molecule has 0 aromatic heterocycles. The van der Waals surface area contributed by atoms with Crippen LogP contribution in [-0.4, -0.2) is 43.8 Å². The summed E-state index contributed by atoms with van der Waals surface area (Å²) >= 11 is 6.09. The molecular formula is C31H36ClN3O4S. The highest BCUT2D eigenvalue weighted by Gasteiger charge is 2.30. The molecule has 1 unspecified atom stereocenters. The number of carbonyl (C=O) groups is 2. The van der Waals surface area contributed by atoms with Crippen LogP contribution in [0.15, 0.2) is 83.8 Å². The third kappa shape index (κ3) is 8.65. The zero-order valence-corrected chi connectivity index (χ0v) is 24.3. The van der Waals surface area contributed by atoms with E-state index in [9.17, 15) is 18.0 Å². The number of hydrogen-bond acceptors (Lipinski definition) is 4. The molecule has 2 amide bonds. The highest BCUT2D eigenvalue weighted by Crippen LogP contribution is 2.23. The maximum atomic E-state index is 13.8. The molecule has 0 radical (unpaired) electrons. The number of halogens is 1. The lowest BCUT2D eigenvalue weighted by molar-refractivity contribution is -0.141. The molecule has 212 valence electrons. The highest BCUT2D eigenvalue weighted by atomic mass is 35.5. The lowest BCUT2D eigenvalue weighted by Gasteiger charge is -2.31. The summed E-state index contributed by atoms with van der Waals surface area (Å²) in [5.74, 6) is -0.347. The van der Waals surface area contributed by atoms with Crippen LogP contribution in [0.3, 0.4) is 0 Å². The van der Waals surface area contributed by atoms with E-state index >= 15 is 0 Å². The number of benzene rings is 3. The summed E-state index contributed by atoms with van der Waals surface area (Å²) in [7, 11) is -3.53. The van der Waals surface area contributed by atoms with Crippen molar-refractivity contribution in [3.8, 4) is 0 Å². The fourth-order valence-corrected chi connectivity index (χ4v) is 5.86. The van der Waals surface area contributed by atoms with E-state index in [1.165, 1.54) is 0 Å². The van der Waals surface area contributed by atoms with Gasteiger partial charge in [0.1, 0.15) is 6.04 Å². The molecule has 9 heteroatoms. The standard InChI is InChI=1S/C31H36ClN3O4S/c1-2-20-33-31(37)29(21-24-6-4-3-5-7-24)35(22-25-8-13-26(32)14-9-25)30(36)19-12-23-10-17-28(18-11-23)40(38,39)34-27-15-16-27/h3-11,13-14,17-18,27,29,34H,2,12,15-16,19-22H2,1H3,(H,33,37). The van der Waals surface area contributed by atoms with Crippen LogP contribution in [0.4, 0.5) is 0 Å². The second-order valence-electron chi connectivity index (χ2n) is 10.2. The van der Waals surface area contributed by atoms with E-state index in [2.05, 4.69) is 10.0 Å². The fourth-order valence-electron chi connectivity index (χ4n) is 4.43. The zero-order chi connectivity index (χ0) is 28.5. The van der Waals surface area contributed by atoms with Crippen molar-refractivity contribution in [1.82, 2.24) is 14.9 Å². The SMILES string of the molecule is CCCNC(=O)C(Cc1ccccc1)N(Cc1ccc(Cl)cc1)C(=O)CCc1ccc(S(=O)(=O)NC2CC2)cc1. The van der Waals surface area contributed by atoms with Gasteiger partial charge in [-0.25, -0.2) is 13.1 Å². The molecular weight excluding hydrogens is 546 g/mol. The average Bonchev–Trinajstić information content (AvgIpc) is 3.77. The van der Waals surface area contributed by atoms with Crippen molar-refractivity contribution in [2.45, 2.75) is 69.0 Å². The molecule has 3 aromatic carbocycles. The topological polar surface area (TPSA) is 95.6 Å². The van der Waals surface area contributed by atoms with Crippen LogP contribution in [0.25, 0.3) is 0 Å². The molecule has 1 aliphatic rings. The first-order chi connectivity index (χ1) is 19.2. The quantitative estimate of drug-likeness (QED) is 0.284. The Balaban J connectivity index is 1.53. The van der Waals surface area contributed by atoms with Crippen LogP contribution >= 0.6 is 11.6 Å². The van der Waals surface area contributed by atoms with Gasteiger partial charge in [0.25, 0.3) is 0 Å². The number of rotatable bonds is 14. The van der Waals surface area contributed by atoms with E-state index < -0.39 is 16.1 Å². The van der Waals surface area contributed by atoms with Crippen LogP contribution in [-0.2, 0) is 39.0 Å².